The Labute approximate surface area is 135 Å². The van der Waals surface area contributed by atoms with Gasteiger partial charge in [0, 0.05) is 28.7 Å². The molecule has 1 aromatic carbocycles. The number of rotatable bonds is 4. The third-order valence-corrected chi connectivity index (χ3v) is 4.40. The second-order valence-corrected chi connectivity index (χ2v) is 6.02. The van der Waals surface area contributed by atoms with E-state index in [1.165, 1.54) is 12.8 Å². The van der Waals surface area contributed by atoms with Gasteiger partial charge < -0.3 is 9.72 Å². The summed E-state index contributed by atoms with van der Waals surface area (Å²) < 4.78 is 5.02. The molecule has 0 saturated carbocycles. The van der Waals surface area contributed by atoms with Crippen LogP contribution in [0, 0.1) is 6.92 Å². The van der Waals surface area contributed by atoms with E-state index in [0.717, 1.165) is 29.9 Å². The number of carbonyl (C=O) groups excluding carboxylic acids is 1. The van der Waals surface area contributed by atoms with E-state index < -0.39 is 5.97 Å². The number of hydrogen-bond donors (Lipinski definition) is 1. The van der Waals surface area contributed by atoms with Gasteiger partial charge in [-0.25, -0.2) is 4.79 Å². The van der Waals surface area contributed by atoms with Gasteiger partial charge in [0.25, 0.3) is 0 Å². The number of nitrogens with zero attached hydrogens (tertiary/aromatic N) is 1. The fourth-order valence-corrected chi connectivity index (χ4v) is 3.15. The van der Waals surface area contributed by atoms with Crippen LogP contribution >= 0.6 is 0 Å². The van der Waals surface area contributed by atoms with E-state index >= 15 is 0 Å². The van der Waals surface area contributed by atoms with Crippen LogP contribution in [0.5, 0.6) is 0 Å². The van der Waals surface area contributed by atoms with E-state index in [2.05, 4.69) is 9.88 Å². The number of nitrogens with one attached hydrogen (secondary N) is 1. The quantitative estimate of drug-likeness (QED) is 0.881. The van der Waals surface area contributed by atoms with Gasteiger partial charge in [0.15, 0.2) is 5.43 Å². The molecule has 0 bridgehead atoms. The third-order valence-electron chi connectivity index (χ3n) is 4.40. The number of hydrogen-bond acceptors (Lipinski definition) is 4. The average Bonchev–Trinajstić information content (AvgIpc) is 3.04. The van der Waals surface area contributed by atoms with Gasteiger partial charge in [0.2, 0.25) is 0 Å². The summed E-state index contributed by atoms with van der Waals surface area (Å²) in [5.74, 6) is -0.393. The summed E-state index contributed by atoms with van der Waals surface area (Å²) in [7, 11) is 0. The number of likely N-dealkylation sites (tertiary alicyclic amines) is 1. The maximum absolute atomic E-state index is 12.9. The first-order chi connectivity index (χ1) is 11.1. The summed E-state index contributed by atoms with van der Waals surface area (Å²) in [5, 5.41) is 0.551. The average molecular weight is 314 g/mol. The predicted octanol–water partition coefficient (Wildman–Crippen LogP) is 2.61. The lowest BCUT2D eigenvalue weighted by molar-refractivity contribution is 0.0526. The van der Waals surface area contributed by atoms with Gasteiger partial charge in [-0.2, -0.15) is 0 Å². The Kier molecular flexibility index (Phi) is 4.48. The number of pyridine rings is 1. The molecule has 2 heterocycles. The van der Waals surface area contributed by atoms with E-state index in [4.69, 9.17) is 4.74 Å². The first kappa shape index (κ1) is 15.7. The minimum Gasteiger partial charge on any atom is -0.462 e. The van der Waals surface area contributed by atoms with Crippen molar-refractivity contribution >= 4 is 16.9 Å². The standard InChI is InChI=1S/C18H22N2O3/c1-3-23-18(22)13-6-7-16-14(10-13)17(21)15(12(2)19-16)11-20-8-4-5-9-20/h6-7,10H,3-5,8-9,11H2,1-2H3,(H,19,21). The number of carbonyl (C=O) groups is 1. The molecule has 5 nitrogen and oxygen atoms in total. The van der Waals surface area contributed by atoms with Crippen LogP contribution in [0.4, 0.5) is 0 Å². The normalized spacial score (nSPS) is 15.2. The Balaban J connectivity index is 2.03. The van der Waals surface area contributed by atoms with Crippen LogP contribution in [0.15, 0.2) is 23.0 Å². The maximum Gasteiger partial charge on any atom is 0.338 e. The lowest BCUT2D eigenvalue weighted by atomic mass is 10.1. The molecule has 0 aliphatic carbocycles. The monoisotopic (exact) mass is 314 g/mol. The van der Waals surface area contributed by atoms with Crippen LogP contribution in [0.1, 0.15) is 41.4 Å². The molecule has 1 aliphatic rings. The molecule has 1 saturated heterocycles. The zero-order chi connectivity index (χ0) is 16.4. The van der Waals surface area contributed by atoms with Crippen molar-refractivity contribution in [3.63, 3.8) is 0 Å². The molecule has 0 amide bonds. The number of aromatic amines is 1. The second-order valence-electron chi connectivity index (χ2n) is 6.02. The highest BCUT2D eigenvalue weighted by Gasteiger charge is 2.17. The largest absolute Gasteiger partial charge is 0.462 e. The van der Waals surface area contributed by atoms with Crippen molar-refractivity contribution in [3.05, 3.63) is 45.2 Å². The Bertz CT molecular complexity index is 789. The number of H-pyrrole nitrogens is 1. The van der Waals surface area contributed by atoms with Crippen molar-refractivity contribution < 1.29 is 9.53 Å². The Hall–Kier alpha value is -2.14. The van der Waals surface area contributed by atoms with Gasteiger partial charge in [-0.05, 0) is 58.0 Å². The van der Waals surface area contributed by atoms with Crippen molar-refractivity contribution in [1.29, 1.82) is 0 Å². The molecular formula is C18H22N2O3. The van der Waals surface area contributed by atoms with E-state index in [-0.39, 0.29) is 5.43 Å². The highest BCUT2D eigenvalue weighted by Crippen LogP contribution is 2.17. The lowest BCUT2D eigenvalue weighted by Crippen LogP contribution is -2.25. The molecule has 2 aromatic rings. The SMILES string of the molecule is CCOC(=O)c1ccc2[nH]c(C)c(CN3CCCC3)c(=O)c2c1. The van der Waals surface area contributed by atoms with Crippen LogP contribution in [-0.2, 0) is 11.3 Å². The van der Waals surface area contributed by atoms with Gasteiger partial charge in [-0.3, -0.25) is 9.69 Å². The maximum atomic E-state index is 12.9. The van der Waals surface area contributed by atoms with Crippen molar-refractivity contribution in [2.24, 2.45) is 0 Å². The van der Waals surface area contributed by atoms with E-state index in [1.54, 1.807) is 25.1 Å². The molecule has 122 valence electrons. The molecule has 0 radical (unpaired) electrons. The van der Waals surface area contributed by atoms with Crippen LogP contribution < -0.4 is 5.43 Å². The highest BCUT2D eigenvalue weighted by molar-refractivity contribution is 5.94. The van der Waals surface area contributed by atoms with Crippen LogP contribution in [0.3, 0.4) is 0 Å². The van der Waals surface area contributed by atoms with Crippen LogP contribution in [0.25, 0.3) is 10.9 Å². The molecule has 0 spiro atoms. The van der Waals surface area contributed by atoms with Crippen LogP contribution in [-0.4, -0.2) is 35.5 Å². The summed E-state index contributed by atoms with van der Waals surface area (Å²) in [6.45, 7) is 6.77. The predicted molar refractivity (Wildman–Crippen MR) is 89.8 cm³/mol. The number of fused-ring (bicyclic) bond motifs is 1. The molecule has 1 fully saturated rings. The van der Waals surface area contributed by atoms with Crippen molar-refractivity contribution in [2.75, 3.05) is 19.7 Å². The Morgan fingerprint density at radius 1 is 1.30 bits per heavy atom. The fourth-order valence-electron chi connectivity index (χ4n) is 3.15. The minimum absolute atomic E-state index is 0.00861. The third kappa shape index (κ3) is 3.15. The molecule has 3 rings (SSSR count). The summed E-state index contributed by atoms with van der Waals surface area (Å²) in [6.07, 6.45) is 2.38. The van der Waals surface area contributed by atoms with E-state index in [9.17, 15) is 9.59 Å². The van der Waals surface area contributed by atoms with Gasteiger partial charge >= 0.3 is 5.97 Å². The highest BCUT2D eigenvalue weighted by atomic mass is 16.5. The smallest absolute Gasteiger partial charge is 0.338 e. The summed E-state index contributed by atoms with van der Waals surface area (Å²) in [4.78, 5) is 30.4. The van der Waals surface area contributed by atoms with Crippen LogP contribution in [0.2, 0.25) is 0 Å². The summed E-state index contributed by atoms with van der Waals surface area (Å²) >= 11 is 0. The number of esters is 1. The van der Waals surface area contributed by atoms with Crippen molar-refractivity contribution in [1.82, 2.24) is 9.88 Å². The first-order valence-electron chi connectivity index (χ1n) is 8.15. The number of aryl methyl sites for hydroxylation is 1. The molecule has 0 atom stereocenters. The Morgan fingerprint density at radius 3 is 2.74 bits per heavy atom. The lowest BCUT2D eigenvalue weighted by Gasteiger charge is -2.16. The van der Waals surface area contributed by atoms with Crippen molar-refractivity contribution in [2.45, 2.75) is 33.2 Å². The van der Waals surface area contributed by atoms with Gasteiger partial charge in [-0.1, -0.05) is 0 Å². The molecule has 0 unspecified atom stereocenters. The molecule has 1 N–H and O–H groups in total. The first-order valence-corrected chi connectivity index (χ1v) is 8.15. The molecule has 1 aromatic heterocycles. The number of benzene rings is 1. The van der Waals surface area contributed by atoms with Gasteiger partial charge in [0.05, 0.1) is 12.2 Å². The summed E-state index contributed by atoms with van der Waals surface area (Å²) in [6, 6.07) is 5.10. The summed E-state index contributed by atoms with van der Waals surface area (Å²) in [5.41, 5.74) is 2.87. The fraction of sp³-hybridized carbons (Fsp3) is 0.444. The zero-order valence-electron chi connectivity index (χ0n) is 13.6. The molecule has 23 heavy (non-hydrogen) atoms. The number of aromatic nitrogens is 1. The van der Waals surface area contributed by atoms with Crippen molar-refractivity contribution in [3.8, 4) is 0 Å². The second kappa shape index (κ2) is 6.54. The number of ether oxygens (including phenoxy) is 1. The van der Waals surface area contributed by atoms with E-state index in [1.807, 2.05) is 6.92 Å². The topological polar surface area (TPSA) is 62.4 Å². The molecular weight excluding hydrogens is 292 g/mol. The van der Waals surface area contributed by atoms with Gasteiger partial charge in [0.1, 0.15) is 0 Å². The van der Waals surface area contributed by atoms with E-state index in [0.29, 0.717) is 24.1 Å². The Morgan fingerprint density at radius 2 is 2.04 bits per heavy atom. The molecule has 1 aliphatic heterocycles. The molecule has 5 heteroatoms. The minimum atomic E-state index is -0.393. The zero-order valence-corrected chi connectivity index (χ0v) is 13.6. The van der Waals surface area contributed by atoms with Gasteiger partial charge in [-0.15, -0.1) is 0 Å².